The second kappa shape index (κ2) is 8.46. The SMILES string of the molecule is Cc1cc(C)c(C(=O)CCCCC(C)(CC(C)C)C(=O)O)c(C)c1. The Bertz CT molecular complexity index is 578. The fourth-order valence-electron chi connectivity index (χ4n) is 3.74. The van der Waals surface area contributed by atoms with Crippen LogP contribution in [0.5, 0.6) is 0 Å². The van der Waals surface area contributed by atoms with Crippen LogP contribution < -0.4 is 0 Å². The Morgan fingerprint density at radius 2 is 1.62 bits per heavy atom. The van der Waals surface area contributed by atoms with Gasteiger partial charge in [0.2, 0.25) is 0 Å². The van der Waals surface area contributed by atoms with Gasteiger partial charge in [-0.1, -0.05) is 38.0 Å². The first-order chi connectivity index (χ1) is 11.1. The van der Waals surface area contributed by atoms with Crippen molar-refractivity contribution in [3.05, 3.63) is 34.4 Å². The molecule has 0 amide bonds. The highest BCUT2D eigenvalue weighted by Gasteiger charge is 2.33. The van der Waals surface area contributed by atoms with Crippen LogP contribution in [0.15, 0.2) is 12.1 Å². The fourth-order valence-corrected chi connectivity index (χ4v) is 3.74. The lowest BCUT2D eigenvalue weighted by Crippen LogP contribution is -2.29. The lowest BCUT2D eigenvalue weighted by Gasteiger charge is -2.26. The fraction of sp³-hybridized carbons (Fsp3) is 0.619. The van der Waals surface area contributed by atoms with Crippen LogP contribution in [-0.4, -0.2) is 16.9 Å². The predicted octanol–water partition coefficient (Wildman–Crippen LogP) is 5.49. The number of hydrogen-bond donors (Lipinski definition) is 1. The highest BCUT2D eigenvalue weighted by atomic mass is 16.4. The number of carbonyl (C=O) groups excluding carboxylic acids is 1. The van der Waals surface area contributed by atoms with Crippen molar-refractivity contribution in [2.24, 2.45) is 11.3 Å². The van der Waals surface area contributed by atoms with Gasteiger partial charge in [0, 0.05) is 12.0 Å². The summed E-state index contributed by atoms with van der Waals surface area (Å²) >= 11 is 0. The first kappa shape index (κ1) is 20.4. The lowest BCUT2D eigenvalue weighted by molar-refractivity contribution is -0.149. The Hall–Kier alpha value is -1.64. The number of aliphatic carboxylic acids is 1. The van der Waals surface area contributed by atoms with Crippen molar-refractivity contribution < 1.29 is 14.7 Å². The smallest absolute Gasteiger partial charge is 0.309 e. The molecule has 1 N–H and O–H groups in total. The number of unbranched alkanes of at least 4 members (excludes halogenated alkanes) is 1. The van der Waals surface area contributed by atoms with Gasteiger partial charge in [0.05, 0.1) is 5.41 Å². The zero-order chi connectivity index (χ0) is 18.5. The van der Waals surface area contributed by atoms with Crippen molar-refractivity contribution in [3.8, 4) is 0 Å². The minimum Gasteiger partial charge on any atom is -0.481 e. The van der Waals surface area contributed by atoms with E-state index in [2.05, 4.69) is 0 Å². The highest BCUT2D eigenvalue weighted by Crippen LogP contribution is 2.32. The van der Waals surface area contributed by atoms with Crippen LogP contribution >= 0.6 is 0 Å². The molecule has 1 aromatic rings. The molecule has 3 nitrogen and oxygen atoms in total. The number of aryl methyl sites for hydroxylation is 3. The van der Waals surface area contributed by atoms with E-state index in [0.717, 1.165) is 29.5 Å². The van der Waals surface area contributed by atoms with Gasteiger partial charge in [-0.2, -0.15) is 0 Å². The molecule has 0 aliphatic heterocycles. The molecule has 3 heteroatoms. The van der Waals surface area contributed by atoms with Crippen molar-refractivity contribution in [1.29, 1.82) is 0 Å². The molecule has 0 heterocycles. The molecule has 0 aromatic heterocycles. The van der Waals surface area contributed by atoms with Crippen molar-refractivity contribution >= 4 is 11.8 Å². The average molecular weight is 332 g/mol. The zero-order valence-corrected chi connectivity index (χ0v) is 16.0. The van der Waals surface area contributed by atoms with Gasteiger partial charge in [-0.15, -0.1) is 0 Å². The van der Waals surface area contributed by atoms with E-state index in [1.807, 2.05) is 53.7 Å². The molecule has 1 aromatic carbocycles. The van der Waals surface area contributed by atoms with E-state index in [1.165, 1.54) is 5.56 Å². The summed E-state index contributed by atoms with van der Waals surface area (Å²) in [5.74, 6) is -0.204. The molecule has 0 spiro atoms. The van der Waals surface area contributed by atoms with Crippen molar-refractivity contribution in [2.45, 2.75) is 73.6 Å². The van der Waals surface area contributed by atoms with E-state index in [1.54, 1.807) is 0 Å². The minimum absolute atomic E-state index is 0.172. The Kier molecular flexibility index (Phi) is 7.19. The first-order valence-electron chi connectivity index (χ1n) is 8.91. The van der Waals surface area contributed by atoms with E-state index >= 15 is 0 Å². The van der Waals surface area contributed by atoms with Crippen LogP contribution in [0.4, 0.5) is 0 Å². The van der Waals surface area contributed by atoms with Crippen LogP contribution in [0.25, 0.3) is 0 Å². The Balaban J connectivity index is 2.62. The minimum atomic E-state index is -0.729. The van der Waals surface area contributed by atoms with Gasteiger partial charge < -0.3 is 5.11 Å². The van der Waals surface area contributed by atoms with E-state index in [4.69, 9.17) is 0 Å². The number of carboxylic acid groups (broad SMARTS) is 1. The van der Waals surface area contributed by atoms with Crippen LogP contribution in [0.2, 0.25) is 0 Å². The third kappa shape index (κ3) is 5.47. The van der Waals surface area contributed by atoms with Gasteiger partial charge in [0.1, 0.15) is 0 Å². The maximum atomic E-state index is 12.5. The second-order valence-electron chi connectivity index (χ2n) is 7.87. The monoisotopic (exact) mass is 332 g/mol. The summed E-state index contributed by atoms with van der Waals surface area (Å²) in [6, 6.07) is 4.09. The number of carbonyl (C=O) groups is 2. The molecule has 0 radical (unpaired) electrons. The molecule has 1 atom stereocenters. The number of carboxylic acids is 1. The highest BCUT2D eigenvalue weighted by molar-refractivity contribution is 5.98. The quantitative estimate of drug-likeness (QED) is 0.480. The Labute approximate surface area is 146 Å². The molecule has 0 fully saturated rings. The van der Waals surface area contributed by atoms with Gasteiger partial charge in [-0.05, 0) is 64.0 Å². The summed E-state index contributed by atoms with van der Waals surface area (Å²) in [6.07, 6.45) is 3.30. The van der Waals surface area contributed by atoms with Gasteiger partial charge in [-0.3, -0.25) is 9.59 Å². The molecular formula is C21H32O3. The third-order valence-electron chi connectivity index (χ3n) is 4.71. The summed E-state index contributed by atoms with van der Waals surface area (Å²) in [7, 11) is 0. The van der Waals surface area contributed by atoms with Crippen molar-refractivity contribution in [1.82, 2.24) is 0 Å². The summed E-state index contributed by atoms with van der Waals surface area (Å²) in [4.78, 5) is 24.1. The molecule has 1 rings (SSSR count). The van der Waals surface area contributed by atoms with Crippen LogP contribution in [0, 0.1) is 32.1 Å². The molecule has 0 saturated carbocycles. The summed E-state index contributed by atoms with van der Waals surface area (Å²) in [5, 5.41) is 9.50. The molecular weight excluding hydrogens is 300 g/mol. The number of ketones is 1. The van der Waals surface area contributed by atoms with Crippen LogP contribution in [-0.2, 0) is 4.79 Å². The van der Waals surface area contributed by atoms with E-state index < -0.39 is 11.4 Å². The molecule has 134 valence electrons. The van der Waals surface area contributed by atoms with Gasteiger partial charge in [0.15, 0.2) is 5.78 Å². The summed E-state index contributed by atoms with van der Waals surface area (Å²) < 4.78 is 0. The molecule has 0 saturated heterocycles. The van der Waals surface area contributed by atoms with E-state index in [-0.39, 0.29) is 5.78 Å². The maximum Gasteiger partial charge on any atom is 0.309 e. The Morgan fingerprint density at radius 1 is 1.08 bits per heavy atom. The number of Topliss-reactive ketones (excluding diaryl/α,β-unsaturated/α-hetero) is 1. The molecule has 0 aliphatic carbocycles. The van der Waals surface area contributed by atoms with Crippen LogP contribution in [0.1, 0.15) is 79.9 Å². The zero-order valence-electron chi connectivity index (χ0n) is 16.0. The average Bonchev–Trinajstić information content (AvgIpc) is 2.41. The predicted molar refractivity (Wildman–Crippen MR) is 98.6 cm³/mol. The molecule has 0 bridgehead atoms. The second-order valence-corrected chi connectivity index (χ2v) is 7.87. The molecule has 0 aliphatic rings. The van der Waals surface area contributed by atoms with Gasteiger partial charge in [0.25, 0.3) is 0 Å². The standard InChI is InChI=1S/C21H32O3/c1-14(2)13-21(6,20(23)24)10-8-7-9-18(22)19-16(4)11-15(3)12-17(19)5/h11-12,14H,7-10,13H2,1-6H3,(H,23,24). The van der Waals surface area contributed by atoms with E-state index in [9.17, 15) is 14.7 Å². The summed E-state index contributed by atoms with van der Waals surface area (Å²) in [5.41, 5.74) is 3.39. The first-order valence-corrected chi connectivity index (χ1v) is 8.91. The lowest BCUT2D eigenvalue weighted by atomic mass is 9.77. The van der Waals surface area contributed by atoms with Crippen LogP contribution in [0.3, 0.4) is 0 Å². The van der Waals surface area contributed by atoms with E-state index in [0.29, 0.717) is 25.2 Å². The summed E-state index contributed by atoms with van der Waals surface area (Å²) in [6.45, 7) is 11.9. The van der Waals surface area contributed by atoms with Crippen molar-refractivity contribution in [3.63, 3.8) is 0 Å². The number of benzene rings is 1. The third-order valence-corrected chi connectivity index (χ3v) is 4.71. The maximum absolute atomic E-state index is 12.5. The normalized spacial score (nSPS) is 13.8. The molecule has 24 heavy (non-hydrogen) atoms. The topological polar surface area (TPSA) is 54.4 Å². The number of rotatable bonds is 9. The van der Waals surface area contributed by atoms with Gasteiger partial charge in [-0.25, -0.2) is 0 Å². The number of hydrogen-bond acceptors (Lipinski definition) is 2. The molecule has 1 unspecified atom stereocenters. The van der Waals surface area contributed by atoms with Gasteiger partial charge >= 0.3 is 5.97 Å². The largest absolute Gasteiger partial charge is 0.481 e. The van der Waals surface area contributed by atoms with Crippen molar-refractivity contribution in [2.75, 3.05) is 0 Å². The Morgan fingerprint density at radius 3 is 2.08 bits per heavy atom.